The Balaban J connectivity index is 2.30. The summed E-state index contributed by atoms with van der Waals surface area (Å²) in [6.45, 7) is 6.29. The Morgan fingerprint density at radius 3 is 2.65 bits per heavy atom. The standard InChI is InChI=1S/C14H16N4OS/c1-10(2)9-18-13(16-17(3)14(18)20)15-12(19)11-7-5-4-6-8-11/h4-8H,1,9H2,2-3H3,(H,15,16,19). The summed E-state index contributed by atoms with van der Waals surface area (Å²) in [7, 11) is 1.75. The van der Waals surface area contributed by atoms with Crippen molar-refractivity contribution in [3.63, 3.8) is 0 Å². The second kappa shape index (κ2) is 5.83. The van der Waals surface area contributed by atoms with Crippen LogP contribution in [0.15, 0.2) is 42.5 Å². The average molecular weight is 288 g/mol. The van der Waals surface area contributed by atoms with Crippen molar-refractivity contribution in [3.8, 4) is 0 Å². The molecule has 0 atom stereocenters. The minimum absolute atomic E-state index is 0.214. The molecule has 104 valence electrons. The van der Waals surface area contributed by atoms with Crippen molar-refractivity contribution in [1.82, 2.24) is 14.3 Å². The molecule has 0 spiro atoms. The molecule has 1 aromatic carbocycles. The number of anilines is 1. The highest BCUT2D eigenvalue weighted by molar-refractivity contribution is 7.71. The molecule has 0 radical (unpaired) electrons. The van der Waals surface area contributed by atoms with Crippen LogP contribution >= 0.6 is 12.2 Å². The number of carbonyl (C=O) groups is 1. The predicted octanol–water partition coefficient (Wildman–Crippen LogP) is 2.78. The molecule has 0 bridgehead atoms. The molecule has 2 rings (SSSR count). The first-order chi connectivity index (χ1) is 9.49. The van der Waals surface area contributed by atoms with E-state index in [1.165, 1.54) is 0 Å². The van der Waals surface area contributed by atoms with Gasteiger partial charge in [0.1, 0.15) is 0 Å². The van der Waals surface area contributed by atoms with Crippen LogP contribution in [0.1, 0.15) is 17.3 Å². The molecular weight excluding hydrogens is 272 g/mol. The van der Waals surface area contributed by atoms with Crippen LogP contribution < -0.4 is 5.32 Å². The van der Waals surface area contributed by atoms with Gasteiger partial charge in [-0.1, -0.05) is 30.4 Å². The van der Waals surface area contributed by atoms with Gasteiger partial charge in [0.05, 0.1) is 0 Å². The number of nitrogens with one attached hydrogen (secondary N) is 1. The van der Waals surface area contributed by atoms with Crippen LogP contribution in [0.25, 0.3) is 0 Å². The van der Waals surface area contributed by atoms with Gasteiger partial charge in [-0.2, -0.15) is 0 Å². The summed E-state index contributed by atoms with van der Waals surface area (Å²) >= 11 is 5.27. The largest absolute Gasteiger partial charge is 0.291 e. The van der Waals surface area contributed by atoms with Gasteiger partial charge in [0.25, 0.3) is 5.91 Å². The van der Waals surface area contributed by atoms with E-state index in [1.54, 1.807) is 28.4 Å². The topological polar surface area (TPSA) is 51.9 Å². The van der Waals surface area contributed by atoms with Gasteiger partial charge < -0.3 is 0 Å². The SMILES string of the molecule is C=C(C)Cn1c(NC(=O)c2ccccc2)nn(C)c1=S. The summed E-state index contributed by atoms with van der Waals surface area (Å²) in [6.07, 6.45) is 0. The number of rotatable bonds is 4. The lowest BCUT2D eigenvalue weighted by Gasteiger charge is -2.07. The fourth-order valence-corrected chi connectivity index (χ4v) is 1.96. The zero-order valence-corrected chi connectivity index (χ0v) is 12.3. The first kappa shape index (κ1) is 14.2. The molecule has 1 aromatic heterocycles. The van der Waals surface area contributed by atoms with E-state index >= 15 is 0 Å². The van der Waals surface area contributed by atoms with Crippen LogP contribution in [0.4, 0.5) is 5.95 Å². The smallest absolute Gasteiger partial charge is 0.258 e. The highest BCUT2D eigenvalue weighted by Gasteiger charge is 2.13. The van der Waals surface area contributed by atoms with Crippen LogP contribution in [-0.2, 0) is 13.6 Å². The van der Waals surface area contributed by atoms with Gasteiger partial charge in [0, 0.05) is 19.2 Å². The summed E-state index contributed by atoms with van der Waals surface area (Å²) in [5.74, 6) is 0.212. The number of aryl methyl sites for hydroxylation is 1. The molecule has 5 nitrogen and oxygen atoms in total. The number of carbonyl (C=O) groups excluding carboxylic acids is 1. The number of hydrogen-bond acceptors (Lipinski definition) is 3. The van der Waals surface area contributed by atoms with Gasteiger partial charge in [0.15, 0.2) is 4.77 Å². The van der Waals surface area contributed by atoms with E-state index in [4.69, 9.17) is 12.2 Å². The second-order valence-corrected chi connectivity index (χ2v) is 4.96. The molecule has 2 aromatic rings. The molecular formula is C14H16N4OS. The Morgan fingerprint density at radius 1 is 1.40 bits per heavy atom. The molecule has 0 aliphatic rings. The van der Waals surface area contributed by atoms with Crippen molar-refractivity contribution >= 4 is 24.1 Å². The molecule has 0 unspecified atom stereocenters. The van der Waals surface area contributed by atoms with E-state index in [1.807, 2.05) is 25.1 Å². The maximum absolute atomic E-state index is 12.1. The maximum Gasteiger partial charge on any atom is 0.258 e. The van der Waals surface area contributed by atoms with Crippen molar-refractivity contribution in [2.75, 3.05) is 5.32 Å². The lowest BCUT2D eigenvalue weighted by atomic mass is 10.2. The third-order valence-electron chi connectivity index (χ3n) is 2.70. The summed E-state index contributed by atoms with van der Waals surface area (Å²) in [4.78, 5) is 12.1. The summed E-state index contributed by atoms with van der Waals surface area (Å²) < 4.78 is 3.84. The Labute approximate surface area is 122 Å². The van der Waals surface area contributed by atoms with Crippen LogP contribution in [0, 0.1) is 4.77 Å². The number of benzene rings is 1. The van der Waals surface area contributed by atoms with Gasteiger partial charge in [-0.3, -0.25) is 14.7 Å². The normalized spacial score (nSPS) is 10.3. The van der Waals surface area contributed by atoms with Crippen molar-refractivity contribution < 1.29 is 4.79 Å². The molecule has 0 saturated heterocycles. The quantitative estimate of drug-likeness (QED) is 0.695. The fraction of sp³-hybridized carbons (Fsp3) is 0.214. The molecule has 1 heterocycles. The lowest BCUT2D eigenvalue weighted by Crippen LogP contribution is -2.16. The molecule has 0 saturated carbocycles. The van der Waals surface area contributed by atoms with Gasteiger partial charge in [0.2, 0.25) is 5.95 Å². The lowest BCUT2D eigenvalue weighted by molar-refractivity contribution is 0.102. The summed E-state index contributed by atoms with van der Waals surface area (Å²) in [5, 5.41) is 7.01. The number of hydrogen-bond donors (Lipinski definition) is 1. The van der Waals surface area contributed by atoms with E-state index in [2.05, 4.69) is 17.0 Å². The first-order valence-electron chi connectivity index (χ1n) is 6.13. The van der Waals surface area contributed by atoms with E-state index < -0.39 is 0 Å². The third kappa shape index (κ3) is 3.03. The van der Waals surface area contributed by atoms with Gasteiger partial charge >= 0.3 is 0 Å². The predicted molar refractivity (Wildman–Crippen MR) is 81.2 cm³/mol. The number of amides is 1. The zero-order chi connectivity index (χ0) is 14.7. The zero-order valence-electron chi connectivity index (χ0n) is 11.5. The Bertz CT molecular complexity index is 700. The van der Waals surface area contributed by atoms with Crippen molar-refractivity contribution in [3.05, 3.63) is 52.8 Å². The minimum Gasteiger partial charge on any atom is -0.291 e. The molecule has 0 aliphatic heterocycles. The highest BCUT2D eigenvalue weighted by Crippen LogP contribution is 2.11. The molecule has 1 N–H and O–H groups in total. The maximum atomic E-state index is 12.1. The van der Waals surface area contributed by atoms with Gasteiger partial charge in [-0.15, -0.1) is 5.10 Å². The highest BCUT2D eigenvalue weighted by atomic mass is 32.1. The monoisotopic (exact) mass is 288 g/mol. The Kier molecular flexibility index (Phi) is 4.14. The van der Waals surface area contributed by atoms with E-state index in [9.17, 15) is 4.79 Å². The molecule has 0 fully saturated rings. The van der Waals surface area contributed by atoms with E-state index in [-0.39, 0.29) is 5.91 Å². The van der Waals surface area contributed by atoms with Gasteiger partial charge in [-0.25, -0.2) is 4.68 Å². The average Bonchev–Trinajstić information content (AvgIpc) is 2.67. The summed E-state index contributed by atoms with van der Waals surface area (Å²) in [5.41, 5.74) is 1.51. The molecule has 20 heavy (non-hydrogen) atoms. The minimum atomic E-state index is -0.214. The summed E-state index contributed by atoms with van der Waals surface area (Å²) in [6, 6.07) is 8.98. The first-order valence-corrected chi connectivity index (χ1v) is 6.54. The molecule has 6 heteroatoms. The van der Waals surface area contributed by atoms with E-state index in [0.717, 1.165) is 5.57 Å². The van der Waals surface area contributed by atoms with E-state index in [0.29, 0.717) is 22.8 Å². The van der Waals surface area contributed by atoms with Crippen molar-refractivity contribution in [2.45, 2.75) is 13.5 Å². The third-order valence-corrected chi connectivity index (χ3v) is 3.18. The van der Waals surface area contributed by atoms with Crippen molar-refractivity contribution in [1.29, 1.82) is 0 Å². The van der Waals surface area contributed by atoms with Crippen LogP contribution in [0.5, 0.6) is 0 Å². The number of nitrogens with zero attached hydrogens (tertiary/aromatic N) is 3. The number of allylic oxidation sites excluding steroid dienone is 1. The Hall–Kier alpha value is -2.21. The second-order valence-electron chi connectivity index (χ2n) is 4.59. The Morgan fingerprint density at radius 2 is 2.05 bits per heavy atom. The van der Waals surface area contributed by atoms with Crippen LogP contribution in [0.2, 0.25) is 0 Å². The number of aromatic nitrogens is 3. The fourth-order valence-electron chi connectivity index (χ4n) is 1.77. The molecule has 0 aliphatic carbocycles. The molecule has 1 amide bonds. The van der Waals surface area contributed by atoms with Gasteiger partial charge in [-0.05, 0) is 31.3 Å². The van der Waals surface area contributed by atoms with Crippen LogP contribution in [-0.4, -0.2) is 20.3 Å². The van der Waals surface area contributed by atoms with Crippen LogP contribution in [0.3, 0.4) is 0 Å². The van der Waals surface area contributed by atoms with Crippen molar-refractivity contribution in [2.24, 2.45) is 7.05 Å².